The second-order valence-electron chi connectivity index (χ2n) is 2.77. The molecular weight excluding hydrogens is 180 g/mol. The van der Waals surface area contributed by atoms with E-state index in [0.29, 0.717) is 18.6 Å². The molecule has 0 aliphatic heterocycles. The summed E-state index contributed by atoms with van der Waals surface area (Å²) >= 11 is 0. The number of carbonyl (C=O) groups is 1. The van der Waals surface area contributed by atoms with E-state index >= 15 is 0 Å². The van der Waals surface area contributed by atoms with Gasteiger partial charge in [0.2, 0.25) is 0 Å². The van der Waals surface area contributed by atoms with Crippen LogP contribution in [0.2, 0.25) is 0 Å². The van der Waals surface area contributed by atoms with Gasteiger partial charge in [-0.25, -0.2) is 0 Å². The quantitative estimate of drug-likeness (QED) is 0.764. The van der Waals surface area contributed by atoms with Crippen molar-refractivity contribution in [2.45, 2.75) is 26.7 Å². The van der Waals surface area contributed by atoms with Gasteiger partial charge in [0.25, 0.3) is 0 Å². The van der Waals surface area contributed by atoms with Gasteiger partial charge >= 0.3 is 0 Å². The molecule has 1 aromatic rings. The summed E-state index contributed by atoms with van der Waals surface area (Å²) in [6.07, 6.45) is 1.38. The van der Waals surface area contributed by atoms with Crippen LogP contribution in [-0.2, 0) is 4.79 Å². The number of phenolic OH excluding ortho intramolecular Hbond substituents is 2. The van der Waals surface area contributed by atoms with Gasteiger partial charge in [-0.1, -0.05) is 19.9 Å². The molecule has 0 amide bonds. The topological polar surface area (TPSA) is 57.5 Å². The van der Waals surface area contributed by atoms with Crippen LogP contribution in [0.3, 0.4) is 0 Å². The van der Waals surface area contributed by atoms with Crippen LogP contribution in [0.1, 0.15) is 26.7 Å². The Hall–Kier alpha value is -1.51. The second-order valence-corrected chi connectivity index (χ2v) is 2.77. The number of carbonyl (C=O) groups excluding carboxylic acids is 1. The lowest BCUT2D eigenvalue weighted by atomic mass is 10.3. The fourth-order valence-electron chi connectivity index (χ4n) is 0.743. The minimum absolute atomic E-state index is 0.0880. The highest BCUT2D eigenvalue weighted by Crippen LogP contribution is 2.14. The van der Waals surface area contributed by atoms with E-state index < -0.39 is 0 Å². The SMILES string of the molecule is CCC(=O)CC.Oc1cccc(O)c1. The van der Waals surface area contributed by atoms with Crippen molar-refractivity contribution in [3.8, 4) is 11.5 Å². The van der Waals surface area contributed by atoms with E-state index in [9.17, 15) is 4.79 Å². The van der Waals surface area contributed by atoms with Crippen molar-refractivity contribution in [3.63, 3.8) is 0 Å². The summed E-state index contributed by atoms with van der Waals surface area (Å²) in [6, 6.07) is 5.85. The molecular formula is C11H16O3. The number of ketones is 1. The Kier molecular flexibility index (Phi) is 6.20. The molecule has 0 aliphatic rings. The summed E-state index contributed by atoms with van der Waals surface area (Å²) in [5.74, 6) is 0.519. The average molecular weight is 196 g/mol. The predicted octanol–water partition coefficient (Wildman–Crippen LogP) is 2.47. The van der Waals surface area contributed by atoms with Gasteiger partial charge in [-0.15, -0.1) is 0 Å². The van der Waals surface area contributed by atoms with Crippen molar-refractivity contribution in [3.05, 3.63) is 24.3 Å². The molecule has 14 heavy (non-hydrogen) atoms. The number of hydrogen-bond donors (Lipinski definition) is 2. The van der Waals surface area contributed by atoms with Gasteiger partial charge < -0.3 is 10.2 Å². The Labute approximate surface area is 84.0 Å². The van der Waals surface area contributed by atoms with Crippen LogP contribution in [0.5, 0.6) is 11.5 Å². The molecule has 0 saturated heterocycles. The van der Waals surface area contributed by atoms with Crippen molar-refractivity contribution in [2.24, 2.45) is 0 Å². The van der Waals surface area contributed by atoms with E-state index in [2.05, 4.69) is 0 Å². The number of benzene rings is 1. The lowest BCUT2D eigenvalue weighted by molar-refractivity contribution is -0.118. The number of hydrogen-bond acceptors (Lipinski definition) is 3. The molecule has 0 spiro atoms. The third-order valence-corrected chi connectivity index (χ3v) is 1.62. The van der Waals surface area contributed by atoms with E-state index in [4.69, 9.17) is 10.2 Å². The largest absolute Gasteiger partial charge is 0.508 e. The Morgan fingerprint density at radius 2 is 1.57 bits per heavy atom. The van der Waals surface area contributed by atoms with Gasteiger partial charge in [0.1, 0.15) is 17.3 Å². The number of Topliss-reactive ketones (excluding diaryl/α,β-unsaturated/α-hetero) is 1. The number of aromatic hydroxyl groups is 2. The summed E-state index contributed by atoms with van der Waals surface area (Å²) in [7, 11) is 0. The van der Waals surface area contributed by atoms with Gasteiger partial charge in [0, 0.05) is 18.9 Å². The van der Waals surface area contributed by atoms with Gasteiger partial charge in [-0.05, 0) is 12.1 Å². The first-order chi connectivity index (χ1) is 6.60. The molecule has 0 bridgehead atoms. The Morgan fingerprint density at radius 1 is 1.14 bits per heavy atom. The monoisotopic (exact) mass is 196 g/mol. The molecule has 1 aromatic carbocycles. The van der Waals surface area contributed by atoms with E-state index in [-0.39, 0.29) is 11.5 Å². The third-order valence-electron chi connectivity index (χ3n) is 1.62. The molecule has 1 rings (SSSR count). The highest BCUT2D eigenvalue weighted by Gasteiger charge is 1.87. The zero-order chi connectivity index (χ0) is 11.0. The summed E-state index contributed by atoms with van der Waals surface area (Å²) in [6.45, 7) is 3.76. The maximum absolute atomic E-state index is 10.2. The summed E-state index contributed by atoms with van der Waals surface area (Å²) in [5, 5.41) is 17.3. The smallest absolute Gasteiger partial charge is 0.132 e. The van der Waals surface area contributed by atoms with Crippen LogP contribution in [0.15, 0.2) is 24.3 Å². The van der Waals surface area contributed by atoms with Gasteiger partial charge in [0.15, 0.2) is 0 Å². The summed E-state index contributed by atoms with van der Waals surface area (Å²) in [5.41, 5.74) is 0. The molecule has 0 radical (unpaired) electrons. The molecule has 0 aliphatic carbocycles. The maximum Gasteiger partial charge on any atom is 0.132 e. The van der Waals surface area contributed by atoms with E-state index in [0.717, 1.165) is 0 Å². The fourth-order valence-corrected chi connectivity index (χ4v) is 0.743. The summed E-state index contributed by atoms with van der Waals surface area (Å²) < 4.78 is 0. The minimum atomic E-state index is 0.0880. The number of phenols is 2. The van der Waals surface area contributed by atoms with E-state index in [1.807, 2.05) is 13.8 Å². The highest BCUT2D eigenvalue weighted by molar-refractivity contribution is 5.77. The van der Waals surface area contributed by atoms with Crippen molar-refractivity contribution in [2.75, 3.05) is 0 Å². The van der Waals surface area contributed by atoms with E-state index in [1.54, 1.807) is 6.07 Å². The molecule has 0 aromatic heterocycles. The zero-order valence-corrected chi connectivity index (χ0v) is 8.53. The Balaban J connectivity index is 0.000000255. The predicted molar refractivity (Wildman–Crippen MR) is 55.4 cm³/mol. The fraction of sp³-hybridized carbons (Fsp3) is 0.364. The molecule has 0 unspecified atom stereocenters. The number of rotatable bonds is 2. The molecule has 0 atom stereocenters. The molecule has 78 valence electrons. The van der Waals surface area contributed by atoms with Crippen LogP contribution in [-0.4, -0.2) is 16.0 Å². The van der Waals surface area contributed by atoms with Gasteiger partial charge in [-0.2, -0.15) is 0 Å². The molecule has 0 heterocycles. The third kappa shape index (κ3) is 6.06. The average Bonchev–Trinajstić information content (AvgIpc) is 2.17. The zero-order valence-electron chi connectivity index (χ0n) is 8.53. The van der Waals surface area contributed by atoms with Gasteiger partial charge in [-0.3, -0.25) is 4.79 Å². The lowest BCUT2D eigenvalue weighted by Crippen LogP contribution is -1.88. The van der Waals surface area contributed by atoms with Crippen molar-refractivity contribution >= 4 is 5.78 Å². The second kappa shape index (κ2) is 6.95. The van der Waals surface area contributed by atoms with Crippen LogP contribution in [0, 0.1) is 0 Å². The standard InChI is InChI=1S/C6H6O2.C5H10O/c7-5-2-1-3-6(8)4-5;1-3-5(6)4-2/h1-4,7-8H;3-4H2,1-2H3. The van der Waals surface area contributed by atoms with Crippen LogP contribution in [0.4, 0.5) is 0 Å². The van der Waals surface area contributed by atoms with Gasteiger partial charge in [0.05, 0.1) is 0 Å². The van der Waals surface area contributed by atoms with E-state index in [1.165, 1.54) is 18.2 Å². The first-order valence-corrected chi connectivity index (χ1v) is 4.59. The molecule has 3 nitrogen and oxygen atoms in total. The highest BCUT2D eigenvalue weighted by atomic mass is 16.3. The first kappa shape index (κ1) is 12.5. The molecule has 0 saturated carbocycles. The van der Waals surface area contributed by atoms with Crippen molar-refractivity contribution in [1.29, 1.82) is 0 Å². The maximum atomic E-state index is 10.2. The van der Waals surface area contributed by atoms with Crippen LogP contribution < -0.4 is 0 Å². The van der Waals surface area contributed by atoms with Crippen molar-refractivity contribution in [1.82, 2.24) is 0 Å². The molecule has 3 heteroatoms. The molecule has 0 fully saturated rings. The first-order valence-electron chi connectivity index (χ1n) is 4.59. The molecule has 2 N–H and O–H groups in total. The Morgan fingerprint density at radius 3 is 1.71 bits per heavy atom. The van der Waals surface area contributed by atoms with Crippen molar-refractivity contribution < 1.29 is 15.0 Å². The minimum Gasteiger partial charge on any atom is -0.508 e. The van der Waals surface area contributed by atoms with Crippen LogP contribution >= 0.6 is 0 Å². The van der Waals surface area contributed by atoms with Crippen LogP contribution in [0.25, 0.3) is 0 Å². The normalized spacial score (nSPS) is 8.71. The lowest BCUT2D eigenvalue weighted by Gasteiger charge is -1.89. The summed E-state index contributed by atoms with van der Waals surface area (Å²) in [4.78, 5) is 10.2. The Bertz CT molecular complexity index is 258.